The van der Waals surface area contributed by atoms with Gasteiger partial charge in [0.2, 0.25) is 0 Å². The zero-order valence-corrected chi connectivity index (χ0v) is 19.2. The maximum Gasteiger partial charge on any atom is 0.0755 e. The second-order valence-electron chi connectivity index (χ2n) is 9.93. The number of aliphatic hydroxyl groups excluding tert-OH is 2. The minimum Gasteiger partial charge on any atom is -0.392 e. The molecular formula is C27H43NO2. The van der Waals surface area contributed by atoms with Crippen molar-refractivity contribution in [1.82, 2.24) is 4.90 Å². The molecule has 2 N–H and O–H groups in total. The molecule has 3 aliphatic rings. The first kappa shape index (κ1) is 23.6. The summed E-state index contributed by atoms with van der Waals surface area (Å²) in [5.74, 6) is 7.31. The predicted octanol–water partition coefficient (Wildman–Crippen LogP) is 4.94. The fraction of sp³-hybridized carbons (Fsp3) is 0.778. The van der Waals surface area contributed by atoms with Gasteiger partial charge in [0.05, 0.1) is 12.2 Å². The molecule has 3 rings (SSSR count). The number of nitrogens with zero attached hydrogens (tertiary/aromatic N) is 1. The van der Waals surface area contributed by atoms with Crippen molar-refractivity contribution in [2.45, 2.75) is 90.3 Å². The SMILES string of the molecule is CC#CC[C@H](C)[C@H](O)C=C[C@@H]1[C@H]2CC(CCCCCN3CCCCC3)=C[C@H]2C[C@H]1O. The highest BCUT2D eigenvalue weighted by Gasteiger charge is 2.43. The van der Waals surface area contributed by atoms with Gasteiger partial charge in [-0.1, -0.05) is 43.6 Å². The summed E-state index contributed by atoms with van der Waals surface area (Å²) in [5, 5.41) is 20.9. The van der Waals surface area contributed by atoms with E-state index in [1.807, 2.05) is 19.9 Å². The van der Waals surface area contributed by atoms with Crippen LogP contribution in [0.1, 0.15) is 78.1 Å². The summed E-state index contributed by atoms with van der Waals surface area (Å²) >= 11 is 0. The van der Waals surface area contributed by atoms with Crippen molar-refractivity contribution in [2.75, 3.05) is 19.6 Å². The fourth-order valence-electron chi connectivity index (χ4n) is 5.65. The average molecular weight is 414 g/mol. The largest absolute Gasteiger partial charge is 0.392 e. The van der Waals surface area contributed by atoms with Gasteiger partial charge in [-0.3, -0.25) is 0 Å². The van der Waals surface area contributed by atoms with Gasteiger partial charge in [-0.2, -0.15) is 0 Å². The normalized spacial score (nSPS) is 31.3. The van der Waals surface area contributed by atoms with Crippen molar-refractivity contribution >= 4 is 0 Å². The number of hydrogen-bond donors (Lipinski definition) is 2. The van der Waals surface area contributed by atoms with Crippen LogP contribution in [-0.4, -0.2) is 47.0 Å². The number of aliphatic hydroxyl groups is 2. The van der Waals surface area contributed by atoms with Crippen molar-refractivity contribution < 1.29 is 10.2 Å². The van der Waals surface area contributed by atoms with E-state index in [9.17, 15) is 10.2 Å². The number of allylic oxidation sites excluding steroid dienone is 2. The third-order valence-corrected chi connectivity index (χ3v) is 7.59. The van der Waals surface area contributed by atoms with Gasteiger partial charge in [0.1, 0.15) is 0 Å². The van der Waals surface area contributed by atoms with E-state index in [1.165, 1.54) is 64.6 Å². The smallest absolute Gasteiger partial charge is 0.0755 e. The lowest BCUT2D eigenvalue weighted by atomic mass is 9.88. The molecule has 30 heavy (non-hydrogen) atoms. The molecule has 1 heterocycles. The number of piperidine rings is 1. The maximum absolute atomic E-state index is 10.6. The van der Waals surface area contributed by atoms with Crippen molar-refractivity contribution in [3.63, 3.8) is 0 Å². The summed E-state index contributed by atoms with van der Waals surface area (Å²) < 4.78 is 0. The molecule has 0 spiro atoms. The molecule has 168 valence electrons. The molecular weight excluding hydrogens is 370 g/mol. The Kier molecular flexibility index (Phi) is 9.50. The van der Waals surface area contributed by atoms with Gasteiger partial charge in [0.25, 0.3) is 0 Å². The zero-order chi connectivity index (χ0) is 21.3. The summed E-state index contributed by atoms with van der Waals surface area (Å²) in [5.41, 5.74) is 1.61. The van der Waals surface area contributed by atoms with Crippen molar-refractivity contribution in [3.05, 3.63) is 23.8 Å². The van der Waals surface area contributed by atoms with E-state index in [2.05, 4.69) is 28.9 Å². The second-order valence-corrected chi connectivity index (χ2v) is 9.93. The van der Waals surface area contributed by atoms with Crippen LogP contribution in [0.3, 0.4) is 0 Å². The highest BCUT2D eigenvalue weighted by molar-refractivity contribution is 5.21. The zero-order valence-electron chi connectivity index (χ0n) is 19.2. The van der Waals surface area contributed by atoms with Crippen LogP contribution in [-0.2, 0) is 0 Å². The lowest BCUT2D eigenvalue weighted by Crippen LogP contribution is -2.30. The summed E-state index contributed by atoms with van der Waals surface area (Å²) in [6.07, 6.45) is 17.9. The van der Waals surface area contributed by atoms with Gasteiger partial charge in [-0.25, -0.2) is 0 Å². The standard InChI is InChI=1S/C27H43NO2/c1-3-4-11-21(2)26(29)14-13-24-25-19-22(18-23(25)20-27(24)30)12-7-5-8-15-28-16-9-6-10-17-28/h13-14,18,21,23-27,29-30H,5-12,15-17,19-20H2,1-2H3/t21-,23-,24+,25-,26+,27+/m0/s1. The van der Waals surface area contributed by atoms with Crippen LogP contribution in [0.5, 0.6) is 0 Å². The Labute approximate surface area is 184 Å². The van der Waals surface area contributed by atoms with E-state index in [0.29, 0.717) is 18.3 Å². The Balaban J connectivity index is 1.38. The van der Waals surface area contributed by atoms with Gasteiger partial charge < -0.3 is 15.1 Å². The monoisotopic (exact) mass is 413 g/mol. The van der Waals surface area contributed by atoms with E-state index in [1.54, 1.807) is 5.57 Å². The first-order valence-electron chi connectivity index (χ1n) is 12.4. The summed E-state index contributed by atoms with van der Waals surface area (Å²) in [4.78, 5) is 2.64. The first-order chi connectivity index (χ1) is 14.6. The summed E-state index contributed by atoms with van der Waals surface area (Å²) in [7, 11) is 0. The number of fused-ring (bicyclic) bond motifs is 1. The van der Waals surface area contributed by atoms with Crippen molar-refractivity contribution in [2.24, 2.45) is 23.7 Å². The maximum atomic E-state index is 10.6. The predicted molar refractivity (Wildman–Crippen MR) is 125 cm³/mol. The number of rotatable bonds is 10. The Morgan fingerprint density at radius 3 is 2.77 bits per heavy atom. The molecule has 3 nitrogen and oxygen atoms in total. The van der Waals surface area contributed by atoms with Crippen LogP contribution >= 0.6 is 0 Å². The number of likely N-dealkylation sites (tertiary alicyclic amines) is 1. The molecule has 1 saturated heterocycles. The minimum atomic E-state index is -0.481. The number of unbranched alkanes of at least 4 members (excludes halogenated alkanes) is 2. The van der Waals surface area contributed by atoms with Gasteiger partial charge in [-0.15, -0.1) is 11.8 Å². The molecule has 1 saturated carbocycles. The van der Waals surface area contributed by atoms with E-state index in [0.717, 1.165) is 12.8 Å². The van der Waals surface area contributed by atoms with Crippen molar-refractivity contribution in [3.8, 4) is 11.8 Å². The van der Waals surface area contributed by atoms with Gasteiger partial charge in [0.15, 0.2) is 0 Å². The van der Waals surface area contributed by atoms with Crippen LogP contribution in [0.2, 0.25) is 0 Å². The lowest BCUT2D eigenvalue weighted by Gasteiger charge is -2.26. The summed E-state index contributed by atoms with van der Waals surface area (Å²) in [6, 6.07) is 0. The summed E-state index contributed by atoms with van der Waals surface area (Å²) in [6.45, 7) is 7.78. The van der Waals surface area contributed by atoms with Crippen LogP contribution < -0.4 is 0 Å². The average Bonchev–Trinajstić information content (AvgIpc) is 3.27. The fourth-order valence-corrected chi connectivity index (χ4v) is 5.65. The molecule has 3 heteroatoms. The van der Waals surface area contributed by atoms with Gasteiger partial charge >= 0.3 is 0 Å². The van der Waals surface area contributed by atoms with Crippen LogP contribution in [0.25, 0.3) is 0 Å². The number of hydrogen-bond acceptors (Lipinski definition) is 3. The quantitative estimate of drug-likeness (QED) is 0.303. The van der Waals surface area contributed by atoms with Crippen molar-refractivity contribution in [1.29, 1.82) is 0 Å². The third-order valence-electron chi connectivity index (χ3n) is 7.59. The lowest BCUT2D eigenvalue weighted by molar-refractivity contribution is 0.137. The molecule has 2 aliphatic carbocycles. The third kappa shape index (κ3) is 6.71. The Hall–Kier alpha value is -1.08. The van der Waals surface area contributed by atoms with Gasteiger partial charge in [-0.05, 0) is 89.3 Å². The molecule has 0 unspecified atom stereocenters. The molecule has 0 aromatic rings. The molecule has 0 aromatic carbocycles. The molecule has 0 radical (unpaired) electrons. The molecule has 0 aromatic heterocycles. The van der Waals surface area contributed by atoms with Gasteiger partial charge in [0, 0.05) is 12.3 Å². The van der Waals surface area contributed by atoms with Crippen LogP contribution in [0, 0.1) is 35.5 Å². The van der Waals surface area contributed by atoms with E-state index >= 15 is 0 Å². The first-order valence-corrected chi connectivity index (χ1v) is 12.4. The Bertz CT molecular complexity index is 637. The molecule has 6 atom stereocenters. The highest BCUT2D eigenvalue weighted by atomic mass is 16.3. The second kappa shape index (κ2) is 12.1. The van der Waals surface area contributed by atoms with Crippen LogP contribution in [0.15, 0.2) is 23.8 Å². The van der Waals surface area contributed by atoms with E-state index in [4.69, 9.17) is 0 Å². The van der Waals surface area contributed by atoms with E-state index in [-0.39, 0.29) is 17.9 Å². The molecule has 1 aliphatic heterocycles. The topological polar surface area (TPSA) is 43.7 Å². The Morgan fingerprint density at radius 2 is 2.00 bits per heavy atom. The van der Waals surface area contributed by atoms with Crippen LogP contribution in [0.4, 0.5) is 0 Å². The minimum absolute atomic E-state index is 0.130. The Morgan fingerprint density at radius 1 is 1.20 bits per heavy atom. The molecule has 2 fully saturated rings. The molecule has 0 amide bonds. The highest BCUT2D eigenvalue weighted by Crippen LogP contribution is 2.48. The molecule has 0 bridgehead atoms. The van der Waals surface area contributed by atoms with E-state index < -0.39 is 6.10 Å².